The van der Waals surface area contributed by atoms with Gasteiger partial charge in [-0.15, -0.1) is 0 Å². The summed E-state index contributed by atoms with van der Waals surface area (Å²) in [6, 6.07) is 5.41. The van der Waals surface area contributed by atoms with Gasteiger partial charge in [-0.3, -0.25) is 0 Å². The molecule has 0 radical (unpaired) electrons. The molecule has 0 fully saturated rings. The Bertz CT molecular complexity index is 528. The molecule has 17 heavy (non-hydrogen) atoms. The first-order valence-electron chi connectivity index (χ1n) is 5.96. The van der Waals surface area contributed by atoms with Crippen molar-refractivity contribution in [2.24, 2.45) is 0 Å². The fourth-order valence-electron chi connectivity index (χ4n) is 1.83. The zero-order chi connectivity index (χ0) is 12.6. The predicted octanol–water partition coefficient (Wildman–Crippen LogP) is 4.22. The minimum absolute atomic E-state index is 0.0227. The van der Waals surface area contributed by atoms with Crippen molar-refractivity contribution in [2.75, 3.05) is 0 Å². The van der Waals surface area contributed by atoms with Crippen molar-refractivity contribution in [3.63, 3.8) is 0 Å². The van der Waals surface area contributed by atoms with Gasteiger partial charge in [0.15, 0.2) is 11.6 Å². The number of H-pyrrole nitrogens is 1. The van der Waals surface area contributed by atoms with E-state index < -0.39 is 0 Å². The molecule has 1 N–H and O–H groups in total. The maximum Gasteiger partial charge on any atom is 0.174 e. The number of aromatic amines is 1. The fourth-order valence-corrected chi connectivity index (χ4v) is 1.83. The molecule has 92 valence electrons. The predicted molar refractivity (Wildman–Crippen MR) is 68.1 cm³/mol. The second kappa shape index (κ2) is 4.40. The maximum atomic E-state index is 14.2. The molecule has 0 atom stereocenters. The topological polar surface area (TPSA) is 25.0 Å². The maximum absolute atomic E-state index is 14.2. The van der Waals surface area contributed by atoms with Crippen LogP contribution in [0.25, 0.3) is 10.9 Å². The molecule has 0 bridgehead atoms. The molecule has 0 spiro atoms. The van der Waals surface area contributed by atoms with E-state index in [9.17, 15) is 4.39 Å². The molecule has 2 rings (SSSR count). The summed E-state index contributed by atoms with van der Waals surface area (Å²) in [6.45, 7) is 7.93. The zero-order valence-corrected chi connectivity index (χ0v) is 10.7. The lowest BCUT2D eigenvalue weighted by atomic mass is 10.1. The van der Waals surface area contributed by atoms with E-state index in [4.69, 9.17) is 4.74 Å². The highest BCUT2D eigenvalue weighted by Gasteiger charge is 2.13. The average Bonchev–Trinajstić information content (AvgIpc) is 2.66. The molecule has 1 heterocycles. The van der Waals surface area contributed by atoms with Gasteiger partial charge in [-0.1, -0.05) is 13.8 Å². The van der Waals surface area contributed by atoms with Gasteiger partial charge in [0.2, 0.25) is 0 Å². The smallest absolute Gasteiger partial charge is 0.174 e. The van der Waals surface area contributed by atoms with Crippen LogP contribution < -0.4 is 4.74 Å². The molecular weight excluding hydrogens is 217 g/mol. The number of fused-ring (bicyclic) bond motifs is 1. The average molecular weight is 235 g/mol. The van der Waals surface area contributed by atoms with Gasteiger partial charge in [-0.25, -0.2) is 4.39 Å². The van der Waals surface area contributed by atoms with Crippen LogP contribution in [0.4, 0.5) is 4.39 Å². The second-order valence-electron chi connectivity index (χ2n) is 4.88. The summed E-state index contributed by atoms with van der Waals surface area (Å²) in [5, 5.41) is 0.604. The lowest BCUT2D eigenvalue weighted by Crippen LogP contribution is -2.06. The first kappa shape index (κ1) is 12.0. The van der Waals surface area contributed by atoms with Gasteiger partial charge in [0, 0.05) is 16.6 Å². The summed E-state index contributed by atoms with van der Waals surface area (Å²) in [4.78, 5) is 3.22. The molecule has 3 heteroatoms. The summed E-state index contributed by atoms with van der Waals surface area (Å²) in [6.07, 6.45) is -0.0227. The number of halogens is 1. The van der Waals surface area contributed by atoms with Gasteiger partial charge in [-0.2, -0.15) is 0 Å². The van der Waals surface area contributed by atoms with Gasteiger partial charge >= 0.3 is 0 Å². The van der Waals surface area contributed by atoms with Gasteiger partial charge in [0.1, 0.15) is 0 Å². The van der Waals surface area contributed by atoms with Crippen LogP contribution in [0.3, 0.4) is 0 Å². The Balaban J connectivity index is 2.51. The first-order valence-corrected chi connectivity index (χ1v) is 5.96. The van der Waals surface area contributed by atoms with Gasteiger partial charge in [0.25, 0.3) is 0 Å². The SMILES string of the molecule is CC(C)Oc1ccc2[nH]c(C(C)C)cc2c1F. The third kappa shape index (κ3) is 2.28. The third-order valence-electron chi connectivity index (χ3n) is 2.71. The van der Waals surface area contributed by atoms with Crippen LogP contribution in [0, 0.1) is 5.82 Å². The van der Waals surface area contributed by atoms with E-state index in [2.05, 4.69) is 18.8 Å². The van der Waals surface area contributed by atoms with Crippen molar-refractivity contribution in [3.8, 4) is 5.75 Å². The molecule has 0 saturated heterocycles. The monoisotopic (exact) mass is 235 g/mol. The number of hydrogen-bond acceptors (Lipinski definition) is 1. The van der Waals surface area contributed by atoms with E-state index in [1.807, 2.05) is 26.0 Å². The second-order valence-corrected chi connectivity index (χ2v) is 4.88. The highest BCUT2D eigenvalue weighted by Crippen LogP contribution is 2.29. The number of rotatable bonds is 3. The van der Waals surface area contributed by atoms with Gasteiger partial charge < -0.3 is 9.72 Å². The van der Waals surface area contributed by atoms with Gasteiger partial charge in [0.05, 0.1) is 6.10 Å². The van der Waals surface area contributed by atoms with Crippen molar-refractivity contribution in [1.29, 1.82) is 0 Å². The van der Waals surface area contributed by atoms with E-state index in [-0.39, 0.29) is 11.9 Å². The van der Waals surface area contributed by atoms with Crippen LogP contribution in [0.15, 0.2) is 18.2 Å². The Morgan fingerprint density at radius 2 is 1.88 bits per heavy atom. The van der Waals surface area contributed by atoms with E-state index >= 15 is 0 Å². The van der Waals surface area contributed by atoms with Crippen LogP contribution in [0.1, 0.15) is 39.3 Å². The Morgan fingerprint density at radius 1 is 1.18 bits per heavy atom. The molecule has 2 nitrogen and oxygen atoms in total. The first-order chi connectivity index (χ1) is 7.99. The molecule has 1 aromatic heterocycles. The molecular formula is C14H18FNO. The van der Waals surface area contributed by atoms with Gasteiger partial charge in [-0.05, 0) is 38.0 Å². The van der Waals surface area contributed by atoms with Crippen molar-refractivity contribution in [3.05, 3.63) is 29.7 Å². The Labute approximate surface area is 101 Å². The van der Waals surface area contributed by atoms with Crippen LogP contribution in [0.2, 0.25) is 0 Å². The minimum Gasteiger partial charge on any atom is -0.488 e. The summed E-state index contributed by atoms with van der Waals surface area (Å²) in [5.41, 5.74) is 1.86. The largest absolute Gasteiger partial charge is 0.488 e. The summed E-state index contributed by atoms with van der Waals surface area (Å²) in [5.74, 6) is 0.400. The van der Waals surface area contributed by atoms with E-state index in [1.54, 1.807) is 6.07 Å². The molecule has 0 amide bonds. The molecule has 0 aliphatic carbocycles. The third-order valence-corrected chi connectivity index (χ3v) is 2.71. The standard InChI is InChI=1S/C14H18FNO/c1-8(2)12-7-10-11(16-12)5-6-13(14(10)15)17-9(3)4/h5-9,16H,1-4H3. The number of benzene rings is 1. The number of hydrogen-bond donors (Lipinski definition) is 1. The van der Waals surface area contributed by atoms with Crippen LogP contribution in [0.5, 0.6) is 5.75 Å². The Morgan fingerprint density at radius 3 is 2.47 bits per heavy atom. The minimum atomic E-state index is -0.278. The van der Waals surface area contributed by atoms with E-state index in [0.717, 1.165) is 11.2 Å². The molecule has 0 unspecified atom stereocenters. The van der Waals surface area contributed by atoms with Crippen molar-refractivity contribution in [2.45, 2.75) is 39.7 Å². The highest BCUT2D eigenvalue weighted by molar-refractivity contribution is 5.83. The highest BCUT2D eigenvalue weighted by atomic mass is 19.1. The quantitative estimate of drug-likeness (QED) is 0.846. The zero-order valence-electron chi connectivity index (χ0n) is 10.7. The lowest BCUT2D eigenvalue weighted by molar-refractivity contribution is 0.232. The van der Waals surface area contributed by atoms with E-state index in [1.165, 1.54) is 0 Å². The number of nitrogens with one attached hydrogen (secondary N) is 1. The van der Waals surface area contributed by atoms with Crippen LogP contribution in [-0.4, -0.2) is 11.1 Å². The lowest BCUT2D eigenvalue weighted by Gasteiger charge is -2.10. The molecule has 1 aromatic carbocycles. The Kier molecular flexibility index (Phi) is 3.09. The normalized spacial score (nSPS) is 11.7. The number of ether oxygens (including phenoxy) is 1. The fraction of sp³-hybridized carbons (Fsp3) is 0.429. The molecule has 0 aliphatic rings. The summed E-state index contributed by atoms with van der Waals surface area (Å²) < 4.78 is 19.6. The molecule has 2 aromatic rings. The summed E-state index contributed by atoms with van der Waals surface area (Å²) >= 11 is 0. The molecule has 0 saturated carbocycles. The van der Waals surface area contributed by atoms with Crippen LogP contribution >= 0.6 is 0 Å². The molecule has 0 aliphatic heterocycles. The number of aromatic nitrogens is 1. The van der Waals surface area contributed by atoms with Crippen molar-refractivity contribution < 1.29 is 9.13 Å². The van der Waals surface area contributed by atoms with E-state index in [0.29, 0.717) is 17.1 Å². The van der Waals surface area contributed by atoms with Crippen molar-refractivity contribution >= 4 is 10.9 Å². The van der Waals surface area contributed by atoms with Crippen LogP contribution in [-0.2, 0) is 0 Å². The summed E-state index contributed by atoms with van der Waals surface area (Å²) in [7, 11) is 0. The Hall–Kier alpha value is -1.51. The van der Waals surface area contributed by atoms with Crippen molar-refractivity contribution in [1.82, 2.24) is 4.98 Å².